The molecule has 0 N–H and O–H groups in total. The summed E-state index contributed by atoms with van der Waals surface area (Å²) in [7, 11) is 0.728. The van der Waals surface area contributed by atoms with Gasteiger partial charge < -0.3 is 4.65 Å². The lowest BCUT2D eigenvalue weighted by molar-refractivity contribution is 0.0931. The Labute approximate surface area is 128 Å². The molecule has 1 saturated heterocycles. The molecule has 0 aliphatic carbocycles. The van der Waals surface area contributed by atoms with Gasteiger partial charge in [0.05, 0.1) is 11.3 Å². The van der Waals surface area contributed by atoms with Gasteiger partial charge in [0, 0.05) is 16.9 Å². The first-order valence-electron chi connectivity index (χ1n) is 7.37. The number of hydrogen-bond acceptors (Lipinski definition) is 2. The molecule has 3 rings (SSSR count). The lowest BCUT2D eigenvalue weighted by atomic mass is 9.88. The summed E-state index contributed by atoms with van der Waals surface area (Å²) in [5.41, 5.74) is 3.39. The van der Waals surface area contributed by atoms with E-state index in [9.17, 15) is 0 Å². The molecule has 1 atom stereocenters. The van der Waals surface area contributed by atoms with Crippen molar-refractivity contribution in [3.8, 4) is 5.69 Å². The SMILES string of the molecule is Cc1ccc(-n2nccc2B2OC(C)(C)C(C)(C)P2)cc1. The van der Waals surface area contributed by atoms with E-state index in [1.54, 1.807) is 0 Å². The molecule has 1 aliphatic rings. The van der Waals surface area contributed by atoms with Crippen LogP contribution in [0, 0.1) is 6.92 Å². The number of hydrogen-bond donors (Lipinski definition) is 0. The van der Waals surface area contributed by atoms with E-state index in [0.717, 1.165) is 19.7 Å². The summed E-state index contributed by atoms with van der Waals surface area (Å²) in [5, 5.41) is 4.68. The van der Waals surface area contributed by atoms with Crippen molar-refractivity contribution in [2.45, 2.75) is 45.4 Å². The molecule has 0 saturated carbocycles. The average Bonchev–Trinajstić information content (AvgIpc) is 2.94. The lowest BCUT2D eigenvalue weighted by Gasteiger charge is -2.33. The highest BCUT2D eigenvalue weighted by molar-refractivity contribution is 7.79. The Balaban J connectivity index is 1.96. The van der Waals surface area contributed by atoms with Crippen molar-refractivity contribution in [1.29, 1.82) is 0 Å². The normalized spacial score (nSPS) is 21.1. The topological polar surface area (TPSA) is 27.1 Å². The molecule has 3 nitrogen and oxygen atoms in total. The van der Waals surface area contributed by atoms with Gasteiger partial charge in [0.15, 0.2) is 0 Å². The van der Waals surface area contributed by atoms with Gasteiger partial charge in [0.2, 0.25) is 0 Å². The van der Waals surface area contributed by atoms with Crippen LogP contribution in [0.5, 0.6) is 0 Å². The van der Waals surface area contributed by atoms with Crippen LogP contribution in [0.2, 0.25) is 0 Å². The van der Waals surface area contributed by atoms with Crippen molar-refractivity contribution in [3.63, 3.8) is 0 Å². The number of benzene rings is 1. The van der Waals surface area contributed by atoms with Gasteiger partial charge in [-0.25, -0.2) is 4.68 Å². The van der Waals surface area contributed by atoms with Crippen LogP contribution in [0.1, 0.15) is 33.3 Å². The zero-order valence-electron chi connectivity index (χ0n) is 13.3. The van der Waals surface area contributed by atoms with Crippen LogP contribution < -0.4 is 5.59 Å². The predicted octanol–water partition coefficient (Wildman–Crippen LogP) is 3.14. The van der Waals surface area contributed by atoms with Crippen molar-refractivity contribution in [2.24, 2.45) is 0 Å². The van der Waals surface area contributed by atoms with Gasteiger partial charge in [0.25, 0.3) is 0 Å². The lowest BCUT2D eigenvalue weighted by Crippen LogP contribution is -2.40. The molecule has 1 aliphatic heterocycles. The maximum Gasteiger partial charge on any atom is 0.372 e. The van der Waals surface area contributed by atoms with E-state index in [1.165, 1.54) is 5.56 Å². The maximum absolute atomic E-state index is 6.35. The van der Waals surface area contributed by atoms with Crippen LogP contribution in [0.3, 0.4) is 0 Å². The van der Waals surface area contributed by atoms with E-state index >= 15 is 0 Å². The summed E-state index contributed by atoms with van der Waals surface area (Å²) in [5.74, 6) is 0. The second kappa shape index (κ2) is 4.96. The molecule has 0 spiro atoms. The zero-order chi connectivity index (χ0) is 15.3. The van der Waals surface area contributed by atoms with Gasteiger partial charge in [-0.3, -0.25) is 0 Å². The largest absolute Gasteiger partial charge is 0.420 e. The number of nitrogens with zero attached hydrogens (tertiary/aromatic N) is 2. The highest BCUT2D eigenvalue weighted by Crippen LogP contribution is 2.51. The minimum Gasteiger partial charge on any atom is -0.420 e. The Hall–Kier alpha value is -1.12. The maximum atomic E-state index is 6.35. The van der Waals surface area contributed by atoms with Crippen molar-refractivity contribution >= 4 is 20.7 Å². The molecule has 110 valence electrons. The van der Waals surface area contributed by atoms with Crippen molar-refractivity contribution in [3.05, 3.63) is 42.1 Å². The smallest absolute Gasteiger partial charge is 0.372 e. The Morgan fingerprint density at radius 3 is 2.33 bits per heavy atom. The molecule has 0 bridgehead atoms. The zero-order valence-corrected chi connectivity index (χ0v) is 14.3. The molecule has 21 heavy (non-hydrogen) atoms. The molecule has 1 aromatic carbocycles. The molecular formula is C16H22BN2OP. The first-order valence-corrected chi connectivity index (χ1v) is 8.44. The second-order valence-electron chi connectivity index (χ2n) is 6.78. The van der Waals surface area contributed by atoms with E-state index in [0.29, 0.717) is 0 Å². The minimum atomic E-state index is -0.113. The Kier molecular flexibility index (Phi) is 3.50. The van der Waals surface area contributed by atoms with Gasteiger partial charge in [-0.1, -0.05) is 31.5 Å². The third kappa shape index (κ3) is 2.56. The minimum absolute atomic E-state index is 0.113. The van der Waals surface area contributed by atoms with Crippen LogP contribution in [0.15, 0.2) is 36.5 Å². The van der Waals surface area contributed by atoms with E-state index in [1.807, 2.05) is 10.9 Å². The molecule has 2 heterocycles. The number of aromatic nitrogens is 2. The molecule has 1 fully saturated rings. The molecular weight excluding hydrogens is 278 g/mol. The fourth-order valence-corrected chi connectivity index (χ4v) is 4.30. The number of rotatable bonds is 2. The van der Waals surface area contributed by atoms with Crippen LogP contribution in [0.25, 0.3) is 5.69 Å². The van der Waals surface area contributed by atoms with E-state index in [4.69, 9.17) is 4.65 Å². The van der Waals surface area contributed by atoms with E-state index in [2.05, 4.69) is 70.0 Å². The Bertz CT molecular complexity index is 633. The quantitative estimate of drug-likeness (QED) is 0.629. The standard InChI is InChI=1S/C16H22BN2OP/c1-12-6-8-13(9-7-12)19-14(10-11-18-19)17-20-15(2,3)16(4,5)21-17/h6-11,21H,1-5H3. The fourth-order valence-electron chi connectivity index (χ4n) is 2.52. The third-order valence-electron chi connectivity index (χ3n) is 4.63. The summed E-state index contributed by atoms with van der Waals surface area (Å²) >= 11 is 0. The van der Waals surface area contributed by atoms with Gasteiger partial charge in [0.1, 0.15) is 0 Å². The number of aryl methyl sites for hydroxylation is 1. The van der Waals surface area contributed by atoms with Crippen molar-refractivity contribution in [2.75, 3.05) is 0 Å². The van der Waals surface area contributed by atoms with Gasteiger partial charge in [-0.05, 0) is 39.0 Å². The first-order chi connectivity index (χ1) is 9.80. The molecule has 1 aromatic heterocycles. The molecule has 0 amide bonds. The highest BCUT2D eigenvalue weighted by Gasteiger charge is 2.50. The predicted molar refractivity (Wildman–Crippen MR) is 91.2 cm³/mol. The molecule has 0 radical (unpaired) electrons. The summed E-state index contributed by atoms with van der Waals surface area (Å²) in [6.45, 7) is 11.2. The van der Waals surface area contributed by atoms with Crippen molar-refractivity contribution < 1.29 is 4.65 Å². The summed E-state index contributed by atoms with van der Waals surface area (Å²) < 4.78 is 8.35. The highest BCUT2D eigenvalue weighted by atomic mass is 31.1. The molecule has 5 heteroatoms. The summed E-state index contributed by atoms with van der Waals surface area (Å²) in [4.78, 5) is 0. The van der Waals surface area contributed by atoms with E-state index in [-0.39, 0.29) is 17.4 Å². The average molecular weight is 300 g/mol. The monoisotopic (exact) mass is 300 g/mol. The van der Waals surface area contributed by atoms with Gasteiger partial charge >= 0.3 is 6.64 Å². The van der Waals surface area contributed by atoms with Crippen LogP contribution >= 0.6 is 8.46 Å². The van der Waals surface area contributed by atoms with E-state index < -0.39 is 0 Å². The molecule has 1 unspecified atom stereocenters. The van der Waals surface area contributed by atoms with Crippen LogP contribution in [-0.4, -0.2) is 27.2 Å². The summed E-state index contributed by atoms with van der Waals surface area (Å²) in [6.07, 6.45) is 1.86. The summed E-state index contributed by atoms with van der Waals surface area (Å²) in [6, 6.07) is 10.5. The van der Waals surface area contributed by atoms with Crippen LogP contribution in [0.4, 0.5) is 0 Å². The fraction of sp³-hybridized carbons (Fsp3) is 0.438. The van der Waals surface area contributed by atoms with Crippen LogP contribution in [-0.2, 0) is 4.65 Å². The Morgan fingerprint density at radius 2 is 1.76 bits per heavy atom. The third-order valence-corrected chi connectivity index (χ3v) is 6.63. The Morgan fingerprint density at radius 1 is 1.10 bits per heavy atom. The van der Waals surface area contributed by atoms with Gasteiger partial charge in [-0.2, -0.15) is 5.10 Å². The second-order valence-corrected chi connectivity index (χ2v) is 8.84. The molecule has 2 aromatic rings. The van der Waals surface area contributed by atoms with Gasteiger partial charge in [-0.15, -0.1) is 8.46 Å². The van der Waals surface area contributed by atoms with Crippen molar-refractivity contribution in [1.82, 2.24) is 9.78 Å². The first kappa shape index (κ1) is 14.8.